The number of H-pyrrole nitrogens is 1. The molecule has 1 atom stereocenters. The lowest BCUT2D eigenvalue weighted by atomic mass is 9.90. The second-order valence-electron chi connectivity index (χ2n) is 8.01. The molecule has 0 aliphatic carbocycles. The van der Waals surface area contributed by atoms with E-state index in [1.165, 1.54) is 27.7 Å². The quantitative estimate of drug-likeness (QED) is 0.841. The first-order chi connectivity index (χ1) is 13.0. The van der Waals surface area contributed by atoms with Gasteiger partial charge in [0.05, 0.1) is 6.61 Å². The van der Waals surface area contributed by atoms with Crippen LogP contribution < -0.4 is 0 Å². The minimum atomic E-state index is -1.29. The Morgan fingerprint density at radius 1 is 1.33 bits per heavy atom. The van der Waals surface area contributed by atoms with Gasteiger partial charge in [0.1, 0.15) is 0 Å². The summed E-state index contributed by atoms with van der Waals surface area (Å²) in [6.07, 6.45) is 2.28. The average Bonchev–Trinajstić information content (AvgIpc) is 3.00. The van der Waals surface area contributed by atoms with Crippen LogP contribution in [0.25, 0.3) is 10.9 Å². The lowest BCUT2D eigenvalue weighted by molar-refractivity contribution is -0.160. The maximum atomic E-state index is 12.9. The molecule has 0 radical (unpaired) electrons. The molecule has 1 aromatic carbocycles. The normalized spacial score (nSPS) is 23.8. The first-order valence-corrected chi connectivity index (χ1v) is 9.83. The van der Waals surface area contributed by atoms with Crippen LogP contribution in [0.1, 0.15) is 29.7 Å². The number of aliphatic hydroxyl groups is 1. The van der Waals surface area contributed by atoms with E-state index in [9.17, 15) is 9.90 Å². The van der Waals surface area contributed by atoms with Crippen LogP contribution in [0, 0.1) is 6.92 Å². The maximum absolute atomic E-state index is 12.9. The summed E-state index contributed by atoms with van der Waals surface area (Å²) in [4.78, 5) is 20.4. The molecule has 1 aromatic heterocycles. The van der Waals surface area contributed by atoms with Crippen molar-refractivity contribution >= 4 is 16.8 Å². The van der Waals surface area contributed by atoms with Crippen LogP contribution in [0.2, 0.25) is 0 Å². The van der Waals surface area contributed by atoms with Gasteiger partial charge in [-0.15, -0.1) is 0 Å². The molecule has 0 saturated carbocycles. The van der Waals surface area contributed by atoms with Crippen LogP contribution in [-0.4, -0.2) is 71.3 Å². The predicted molar refractivity (Wildman–Crippen MR) is 105 cm³/mol. The number of fused-ring (bicyclic) bond motifs is 3. The molecule has 2 N–H and O–H groups in total. The highest BCUT2D eigenvalue weighted by molar-refractivity contribution is 5.87. The number of hydrogen-bond donors (Lipinski definition) is 2. The molecule has 1 fully saturated rings. The summed E-state index contributed by atoms with van der Waals surface area (Å²) in [6.45, 7) is 5.88. The summed E-state index contributed by atoms with van der Waals surface area (Å²) in [6, 6.07) is 6.49. The molecule has 4 rings (SSSR count). The number of β-amino-alcohol motifs (C(OH)–C–C–N with tert-alkyl or cyclic N) is 1. The number of benzene rings is 1. The van der Waals surface area contributed by atoms with Crippen LogP contribution in [0.15, 0.2) is 18.2 Å². The Hall–Kier alpha value is -1.89. The van der Waals surface area contributed by atoms with Crippen molar-refractivity contribution in [1.82, 2.24) is 14.8 Å². The van der Waals surface area contributed by atoms with Crippen molar-refractivity contribution in [3.05, 3.63) is 35.0 Å². The van der Waals surface area contributed by atoms with Crippen molar-refractivity contribution in [2.24, 2.45) is 0 Å². The fraction of sp³-hybridized carbons (Fsp3) is 0.571. The summed E-state index contributed by atoms with van der Waals surface area (Å²) in [5.74, 6) is -0.147. The van der Waals surface area contributed by atoms with Gasteiger partial charge in [-0.2, -0.15) is 0 Å². The zero-order valence-electron chi connectivity index (χ0n) is 16.3. The monoisotopic (exact) mass is 371 g/mol. The summed E-state index contributed by atoms with van der Waals surface area (Å²) in [5.41, 5.74) is 3.73. The van der Waals surface area contributed by atoms with E-state index >= 15 is 0 Å². The molecule has 2 aliphatic rings. The largest absolute Gasteiger partial charge is 0.383 e. The molecule has 2 aliphatic heterocycles. The van der Waals surface area contributed by atoms with Gasteiger partial charge in [-0.25, -0.2) is 0 Å². The number of aromatic nitrogens is 1. The van der Waals surface area contributed by atoms with Crippen molar-refractivity contribution in [2.45, 2.75) is 38.3 Å². The number of amides is 1. The van der Waals surface area contributed by atoms with E-state index in [4.69, 9.17) is 4.74 Å². The SMILES string of the molecule is COCCN1CCCC(O)(CN2CCc3[nH]c4ccc(C)cc4c3C2)C1=O. The lowest BCUT2D eigenvalue weighted by Crippen LogP contribution is -2.59. The van der Waals surface area contributed by atoms with Gasteiger partial charge in [-0.3, -0.25) is 9.69 Å². The number of aryl methyl sites for hydroxylation is 1. The van der Waals surface area contributed by atoms with E-state index in [1.54, 1.807) is 12.0 Å². The summed E-state index contributed by atoms with van der Waals surface area (Å²) in [7, 11) is 1.63. The molecular formula is C21H29N3O3. The summed E-state index contributed by atoms with van der Waals surface area (Å²) < 4.78 is 5.10. The number of rotatable bonds is 5. The van der Waals surface area contributed by atoms with Crippen LogP contribution in [0.5, 0.6) is 0 Å². The molecule has 1 unspecified atom stereocenters. The van der Waals surface area contributed by atoms with Crippen molar-refractivity contribution in [3.8, 4) is 0 Å². The Morgan fingerprint density at radius 2 is 2.19 bits per heavy atom. The highest BCUT2D eigenvalue weighted by Crippen LogP contribution is 2.31. The van der Waals surface area contributed by atoms with Gasteiger partial charge in [0, 0.05) is 62.9 Å². The third kappa shape index (κ3) is 3.49. The molecule has 3 heterocycles. The minimum Gasteiger partial charge on any atom is -0.383 e. The zero-order chi connectivity index (χ0) is 19.0. The molecule has 1 amide bonds. The van der Waals surface area contributed by atoms with Gasteiger partial charge < -0.3 is 19.7 Å². The highest BCUT2D eigenvalue weighted by atomic mass is 16.5. The molecule has 0 bridgehead atoms. The molecular weight excluding hydrogens is 342 g/mol. The molecule has 146 valence electrons. The number of carbonyl (C=O) groups excluding carboxylic acids is 1. The summed E-state index contributed by atoms with van der Waals surface area (Å²) in [5, 5.41) is 12.4. The van der Waals surface area contributed by atoms with Gasteiger partial charge in [0.2, 0.25) is 0 Å². The van der Waals surface area contributed by atoms with Gasteiger partial charge in [-0.1, -0.05) is 11.6 Å². The highest BCUT2D eigenvalue weighted by Gasteiger charge is 2.43. The van der Waals surface area contributed by atoms with Crippen molar-refractivity contribution in [3.63, 3.8) is 0 Å². The first-order valence-electron chi connectivity index (χ1n) is 9.83. The number of nitrogens with one attached hydrogen (secondary N) is 1. The fourth-order valence-electron chi connectivity index (χ4n) is 4.52. The first kappa shape index (κ1) is 18.5. The van der Waals surface area contributed by atoms with Gasteiger partial charge in [-0.05, 0) is 37.5 Å². The lowest BCUT2D eigenvalue weighted by Gasteiger charge is -2.41. The number of piperidine rings is 1. The second-order valence-corrected chi connectivity index (χ2v) is 8.01. The van der Waals surface area contributed by atoms with Crippen LogP contribution >= 0.6 is 0 Å². The fourth-order valence-corrected chi connectivity index (χ4v) is 4.52. The second kappa shape index (κ2) is 7.26. The minimum absolute atomic E-state index is 0.147. The Bertz CT molecular complexity index is 847. The van der Waals surface area contributed by atoms with E-state index in [2.05, 4.69) is 35.0 Å². The Morgan fingerprint density at radius 3 is 3.00 bits per heavy atom. The van der Waals surface area contributed by atoms with E-state index in [0.29, 0.717) is 32.7 Å². The van der Waals surface area contributed by atoms with Crippen LogP contribution in [0.3, 0.4) is 0 Å². The topological polar surface area (TPSA) is 68.8 Å². The Labute approximate surface area is 160 Å². The Balaban J connectivity index is 1.51. The average molecular weight is 371 g/mol. The van der Waals surface area contributed by atoms with Gasteiger partial charge in [0.25, 0.3) is 5.91 Å². The smallest absolute Gasteiger partial charge is 0.255 e. The van der Waals surface area contributed by atoms with E-state index < -0.39 is 5.60 Å². The number of hydrogen-bond acceptors (Lipinski definition) is 4. The third-order valence-corrected chi connectivity index (χ3v) is 5.96. The van der Waals surface area contributed by atoms with Crippen molar-refractivity contribution in [1.29, 1.82) is 0 Å². The molecule has 27 heavy (non-hydrogen) atoms. The number of carbonyl (C=O) groups is 1. The van der Waals surface area contributed by atoms with Gasteiger partial charge >= 0.3 is 0 Å². The number of ether oxygens (including phenoxy) is 1. The number of methoxy groups -OCH3 is 1. The zero-order valence-corrected chi connectivity index (χ0v) is 16.3. The van der Waals surface area contributed by atoms with Crippen LogP contribution in [0.4, 0.5) is 0 Å². The molecule has 1 saturated heterocycles. The standard InChI is InChI=1S/C21H29N3O3/c1-15-4-5-18-16(12-15)17-13-23(9-6-19(17)22-18)14-21(26)7-3-8-24(20(21)25)10-11-27-2/h4-5,12,22,26H,3,6-11,13-14H2,1-2H3. The molecule has 0 spiro atoms. The number of likely N-dealkylation sites (tertiary alicyclic amines) is 1. The van der Waals surface area contributed by atoms with Gasteiger partial charge in [0.15, 0.2) is 5.60 Å². The molecule has 6 nitrogen and oxygen atoms in total. The van der Waals surface area contributed by atoms with Crippen molar-refractivity contribution < 1.29 is 14.6 Å². The van der Waals surface area contributed by atoms with Crippen LogP contribution in [-0.2, 0) is 22.5 Å². The number of aromatic amines is 1. The Kier molecular flexibility index (Phi) is 4.97. The van der Waals surface area contributed by atoms with Crippen molar-refractivity contribution in [2.75, 3.05) is 39.9 Å². The number of nitrogens with zero attached hydrogens (tertiary/aromatic N) is 2. The summed E-state index contributed by atoms with van der Waals surface area (Å²) >= 11 is 0. The molecule has 2 aromatic rings. The van der Waals surface area contributed by atoms with E-state index in [1.807, 2.05) is 0 Å². The van der Waals surface area contributed by atoms with E-state index in [-0.39, 0.29) is 5.91 Å². The predicted octanol–water partition coefficient (Wildman–Crippen LogP) is 1.83. The molecule has 6 heteroatoms. The third-order valence-electron chi connectivity index (χ3n) is 5.96. The maximum Gasteiger partial charge on any atom is 0.255 e. The van der Waals surface area contributed by atoms with E-state index in [0.717, 1.165) is 25.9 Å².